The number of aryl methyl sites for hydroxylation is 2. The van der Waals surface area contributed by atoms with Gasteiger partial charge in [0.05, 0.1) is 14.2 Å². The first kappa shape index (κ1) is 27.1. The van der Waals surface area contributed by atoms with Crippen LogP contribution in [0, 0.1) is 13.8 Å². The number of aromatic nitrogens is 5. The van der Waals surface area contributed by atoms with Crippen molar-refractivity contribution in [2.75, 3.05) is 25.5 Å². The number of furan rings is 1. The van der Waals surface area contributed by atoms with E-state index in [2.05, 4.69) is 24.9 Å². The largest absolute Gasteiger partial charge is 0.494 e. The van der Waals surface area contributed by atoms with Crippen molar-refractivity contribution in [3.8, 4) is 28.8 Å². The molecule has 0 aliphatic carbocycles. The zero-order chi connectivity index (χ0) is 27.4. The fraction of sp³-hybridized carbons (Fsp3) is 0.360. The van der Waals surface area contributed by atoms with Crippen LogP contribution in [0.25, 0.3) is 17.3 Å². The van der Waals surface area contributed by atoms with Gasteiger partial charge in [-0.1, -0.05) is 6.07 Å². The summed E-state index contributed by atoms with van der Waals surface area (Å²) < 4.78 is 54.2. The van der Waals surface area contributed by atoms with Gasteiger partial charge >= 0.3 is 0 Å². The number of anilines is 1. The Labute approximate surface area is 221 Å². The minimum atomic E-state index is -4.12. The zero-order valence-corrected chi connectivity index (χ0v) is 22.8. The molecule has 0 radical (unpaired) electrons. The number of methoxy groups -OCH3 is 2. The van der Waals surface area contributed by atoms with E-state index in [9.17, 15) is 8.42 Å². The fourth-order valence-electron chi connectivity index (χ4n) is 3.86. The van der Waals surface area contributed by atoms with Crippen molar-refractivity contribution in [1.29, 1.82) is 0 Å². The molecule has 4 aromatic rings. The van der Waals surface area contributed by atoms with Crippen LogP contribution in [0.4, 0.5) is 5.95 Å². The molecule has 0 fully saturated rings. The van der Waals surface area contributed by atoms with Crippen molar-refractivity contribution in [1.82, 2.24) is 24.7 Å². The van der Waals surface area contributed by atoms with E-state index >= 15 is 0 Å². The molecule has 13 heteroatoms. The molecular formula is C25H30N6O6S. The number of rotatable bonds is 11. The monoisotopic (exact) mass is 542 g/mol. The van der Waals surface area contributed by atoms with Crippen molar-refractivity contribution >= 4 is 16.0 Å². The van der Waals surface area contributed by atoms with Crippen LogP contribution in [0.2, 0.25) is 0 Å². The first-order valence-electron chi connectivity index (χ1n) is 11.9. The molecule has 2 atom stereocenters. The molecule has 1 N–H and O–H groups in total. The second kappa shape index (κ2) is 11.2. The SMILES string of the molecule is CCO[C@@H](c1ncc(C)cn1)[C@H](C)S(=O)(=O)Nc1nnc(-c2ccc(C)o2)n1-c1c(OC)cccc1OC. The second-order valence-corrected chi connectivity index (χ2v) is 10.5. The summed E-state index contributed by atoms with van der Waals surface area (Å²) in [6.07, 6.45) is 2.30. The molecule has 0 spiro atoms. The number of nitrogens with zero attached hydrogens (tertiary/aromatic N) is 5. The van der Waals surface area contributed by atoms with Crippen LogP contribution in [0.15, 0.2) is 47.1 Å². The van der Waals surface area contributed by atoms with Gasteiger partial charge in [0, 0.05) is 19.0 Å². The van der Waals surface area contributed by atoms with Gasteiger partial charge in [-0.25, -0.2) is 18.4 Å². The van der Waals surface area contributed by atoms with Gasteiger partial charge in [-0.2, -0.15) is 0 Å². The van der Waals surface area contributed by atoms with Crippen molar-refractivity contribution < 1.29 is 27.0 Å². The van der Waals surface area contributed by atoms with Crippen molar-refractivity contribution in [3.05, 3.63) is 59.9 Å². The lowest BCUT2D eigenvalue weighted by molar-refractivity contribution is 0.0557. The number of hydrogen-bond donors (Lipinski definition) is 1. The standard InChI is InChI=1S/C25H30N6O6S/c1-7-36-22(23-26-13-15(2)14-27-23)17(4)38(32,33)30-25-29-28-24(20-12-11-16(3)37-20)31(25)21-18(34-5)9-8-10-19(21)35-6/h8-14,17,22H,7H2,1-6H3,(H,29,30)/t17-,22+/m0/s1. The maximum absolute atomic E-state index is 13.7. The number of nitrogens with one attached hydrogen (secondary N) is 1. The molecule has 0 aliphatic rings. The molecule has 0 bridgehead atoms. The van der Waals surface area contributed by atoms with E-state index in [1.807, 2.05) is 6.92 Å². The Morgan fingerprint density at radius 3 is 2.24 bits per heavy atom. The smallest absolute Gasteiger partial charge is 0.243 e. The zero-order valence-electron chi connectivity index (χ0n) is 22.0. The van der Waals surface area contributed by atoms with E-state index in [4.69, 9.17) is 18.6 Å². The van der Waals surface area contributed by atoms with Crippen LogP contribution in [0.5, 0.6) is 11.5 Å². The molecule has 0 amide bonds. The minimum Gasteiger partial charge on any atom is -0.494 e. The van der Waals surface area contributed by atoms with Gasteiger partial charge in [-0.05, 0) is 57.5 Å². The lowest BCUT2D eigenvalue weighted by Crippen LogP contribution is -2.34. The van der Waals surface area contributed by atoms with E-state index in [-0.39, 0.29) is 24.2 Å². The third kappa shape index (κ3) is 5.34. The number of hydrogen-bond acceptors (Lipinski definition) is 10. The second-order valence-electron chi connectivity index (χ2n) is 8.45. The third-order valence-electron chi connectivity index (χ3n) is 5.80. The summed E-state index contributed by atoms with van der Waals surface area (Å²) in [5, 5.41) is 7.32. The Morgan fingerprint density at radius 1 is 1.03 bits per heavy atom. The summed E-state index contributed by atoms with van der Waals surface area (Å²) >= 11 is 0. The van der Waals surface area contributed by atoms with Gasteiger partial charge < -0.3 is 18.6 Å². The van der Waals surface area contributed by atoms with Gasteiger partial charge in [0.25, 0.3) is 0 Å². The van der Waals surface area contributed by atoms with E-state index in [1.54, 1.807) is 56.6 Å². The number of benzene rings is 1. The van der Waals surface area contributed by atoms with Gasteiger partial charge in [-0.3, -0.25) is 9.29 Å². The summed E-state index contributed by atoms with van der Waals surface area (Å²) in [4.78, 5) is 8.58. The number of sulfonamides is 1. The molecule has 12 nitrogen and oxygen atoms in total. The van der Waals surface area contributed by atoms with E-state index in [1.165, 1.54) is 25.7 Å². The summed E-state index contributed by atoms with van der Waals surface area (Å²) in [5.74, 6) is 2.25. The predicted molar refractivity (Wildman–Crippen MR) is 140 cm³/mol. The molecule has 0 saturated carbocycles. The maximum Gasteiger partial charge on any atom is 0.243 e. The van der Waals surface area contributed by atoms with Crippen LogP contribution in [-0.4, -0.2) is 59.2 Å². The summed E-state index contributed by atoms with van der Waals surface area (Å²) in [6.45, 7) is 7.19. The average Bonchev–Trinajstić information content (AvgIpc) is 3.52. The summed E-state index contributed by atoms with van der Waals surface area (Å²) in [6, 6.07) is 8.68. The van der Waals surface area contributed by atoms with Crippen molar-refractivity contribution in [2.24, 2.45) is 0 Å². The molecule has 38 heavy (non-hydrogen) atoms. The van der Waals surface area contributed by atoms with E-state index in [0.29, 0.717) is 28.7 Å². The van der Waals surface area contributed by atoms with Gasteiger partial charge in [0.15, 0.2) is 11.6 Å². The molecule has 202 valence electrons. The molecule has 4 rings (SSSR count). The molecule has 0 aliphatic heterocycles. The lowest BCUT2D eigenvalue weighted by Gasteiger charge is -2.23. The van der Waals surface area contributed by atoms with Crippen molar-refractivity contribution in [2.45, 2.75) is 39.0 Å². The maximum atomic E-state index is 13.7. The number of para-hydroxylation sites is 1. The third-order valence-corrected chi connectivity index (χ3v) is 7.49. The Hall–Kier alpha value is -3.97. The van der Waals surface area contributed by atoms with Crippen LogP contribution in [-0.2, 0) is 14.8 Å². The fourth-order valence-corrected chi connectivity index (χ4v) is 4.96. The van der Waals surface area contributed by atoms with Gasteiger partial charge in [-0.15, -0.1) is 10.2 Å². The molecule has 3 heterocycles. The van der Waals surface area contributed by atoms with Gasteiger partial charge in [0.1, 0.15) is 34.3 Å². The summed E-state index contributed by atoms with van der Waals surface area (Å²) in [7, 11) is -1.12. The van der Waals surface area contributed by atoms with Crippen LogP contribution in [0.1, 0.15) is 37.1 Å². The van der Waals surface area contributed by atoms with E-state index < -0.39 is 21.4 Å². The first-order chi connectivity index (χ1) is 18.2. The Balaban J connectivity index is 1.82. The Morgan fingerprint density at radius 2 is 1.68 bits per heavy atom. The highest BCUT2D eigenvalue weighted by atomic mass is 32.2. The molecular weight excluding hydrogens is 512 g/mol. The van der Waals surface area contributed by atoms with E-state index in [0.717, 1.165) is 5.56 Å². The molecule has 3 aromatic heterocycles. The average molecular weight is 543 g/mol. The Kier molecular flexibility index (Phi) is 7.97. The topological polar surface area (TPSA) is 143 Å². The van der Waals surface area contributed by atoms with Crippen LogP contribution < -0.4 is 14.2 Å². The predicted octanol–water partition coefficient (Wildman–Crippen LogP) is 3.86. The normalized spacial score (nSPS) is 13.2. The number of ether oxygens (including phenoxy) is 3. The van der Waals surface area contributed by atoms with Crippen LogP contribution in [0.3, 0.4) is 0 Å². The quantitative estimate of drug-likeness (QED) is 0.297. The van der Waals surface area contributed by atoms with Crippen LogP contribution >= 0.6 is 0 Å². The highest BCUT2D eigenvalue weighted by molar-refractivity contribution is 7.93. The lowest BCUT2D eigenvalue weighted by atomic mass is 10.2. The van der Waals surface area contributed by atoms with Gasteiger partial charge in [0.2, 0.25) is 21.8 Å². The molecule has 1 aromatic carbocycles. The minimum absolute atomic E-state index is 0.0937. The summed E-state index contributed by atoms with van der Waals surface area (Å²) in [5.41, 5.74) is 1.23. The molecule has 0 unspecified atom stereocenters. The highest BCUT2D eigenvalue weighted by Crippen LogP contribution is 2.38. The van der Waals surface area contributed by atoms with Crippen molar-refractivity contribution in [3.63, 3.8) is 0 Å². The Bertz CT molecular complexity index is 1480. The molecule has 0 saturated heterocycles. The first-order valence-corrected chi connectivity index (χ1v) is 13.4. The highest BCUT2D eigenvalue weighted by Gasteiger charge is 2.35.